The van der Waals surface area contributed by atoms with Crippen molar-refractivity contribution in [2.24, 2.45) is 11.5 Å². The first-order valence-corrected chi connectivity index (χ1v) is 7.41. The second kappa shape index (κ2) is 6.63. The van der Waals surface area contributed by atoms with Crippen LogP contribution in [-0.2, 0) is 5.66 Å². The summed E-state index contributed by atoms with van der Waals surface area (Å²) in [5, 5.41) is 1.31. The molecule has 0 heterocycles. The average Bonchev–Trinajstić information content (AvgIpc) is 2.45. The Morgan fingerprint density at radius 1 is 1.05 bits per heavy atom. The standard InChI is InChI=1S/C17H18Cl2N2/c1-2-4-16(12-5-3-6-15(19)11-12)17(20,21)13-7-9-14(18)10-8-13/h2-3,5-11,16H,1,4,20-21H2. The maximum atomic E-state index is 6.44. The van der Waals surface area contributed by atoms with Gasteiger partial charge in [0.05, 0.1) is 5.66 Å². The van der Waals surface area contributed by atoms with E-state index in [0.717, 1.165) is 11.1 Å². The van der Waals surface area contributed by atoms with Crippen LogP contribution in [0.1, 0.15) is 23.5 Å². The molecule has 0 saturated carbocycles. The lowest BCUT2D eigenvalue weighted by Gasteiger charge is -2.34. The van der Waals surface area contributed by atoms with Gasteiger partial charge in [-0.1, -0.05) is 53.5 Å². The van der Waals surface area contributed by atoms with E-state index in [0.29, 0.717) is 16.5 Å². The number of rotatable bonds is 5. The Morgan fingerprint density at radius 2 is 1.71 bits per heavy atom. The SMILES string of the molecule is C=CCC(c1cccc(Cl)c1)C(N)(N)c1ccc(Cl)cc1. The minimum absolute atomic E-state index is 0.130. The van der Waals surface area contributed by atoms with Crippen LogP contribution in [0.25, 0.3) is 0 Å². The molecule has 0 fully saturated rings. The lowest BCUT2D eigenvalue weighted by Crippen LogP contribution is -2.51. The summed E-state index contributed by atoms with van der Waals surface area (Å²) in [5.74, 6) is -0.130. The van der Waals surface area contributed by atoms with Crippen molar-refractivity contribution in [1.29, 1.82) is 0 Å². The van der Waals surface area contributed by atoms with E-state index in [4.69, 9.17) is 34.7 Å². The smallest absolute Gasteiger partial charge is 0.0972 e. The lowest BCUT2D eigenvalue weighted by molar-refractivity contribution is 0.367. The Morgan fingerprint density at radius 3 is 2.29 bits per heavy atom. The highest BCUT2D eigenvalue weighted by Crippen LogP contribution is 2.35. The van der Waals surface area contributed by atoms with Gasteiger partial charge in [0.2, 0.25) is 0 Å². The zero-order chi connectivity index (χ0) is 15.5. The molecule has 0 aliphatic carbocycles. The number of hydrogen-bond acceptors (Lipinski definition) is 2. The van der Waals surface area contributed by atoms with Gasteiger partial charge in [0.15, 0.2) is 0 Å². The lowest BCUT2D eigenvalue weighted by atomic mass is 9.80. The summed E-state index contributed by atoms with van der Waals surface area (Å²) in [4.78, 5) is 0. The molecule has 2 nitrogen and oxygen atoms in total. The second-order valence-electron chi connectivity index (χ2n) is 5.07. The predicted octanol–water partition coefficient (Wildman–Crippen LogP) is 4.42. The van der Waals surface area contributed by atoms with E-state index in [1.807, 2.05) is 42.5 Å². The monoisotopic (exact) mass is 320 g/mol. The largest absolute Gasteiger partial charge is 0.309 e. The Balaban J connectivity index is 2.45. The molecule has 0 aliphatic rings. The van der Waals surface area contributed by atoms with E-state index >= 15 is 0 Å². The number of hydrogen-bond donors (Lipinski definition) is 2. The van der Waals surface area contributed by atoms with Crippen LogP contribution >= 0.6 is 23.2 Å². The fourth-order valence-corrected chi connectivity index (χ4v) is 2.76. The summed E-state index contributed by atoms with van der Waals surface area (Å²) in [6, 6.07) is 14.9. The summed E-state index contributed by atoms with van der Waals surface area (Å²) < 4.78 is 0. The van der Waals surface area contributed by atoms with Gasteiger partial charge in [0.1, 0.15) is 0 Å². The highest BCUT2D eigenvalue weighted by atomic mass is 35.5. The Bertz CT molecular complexity index is 621. The molecule has 21 heavy (non-hydrogen) atoms. The van der Waals surface area contributed by atoms with Crippen LogP contribution in [0.5, 0.6) is 0 Å². The molecule has 2 aromatic rings. The molecular weight excluding hydrogens is 303 g/mol. The van der Waals surface area contributed by atoms with Crippen LogP contribution < -0.4 is 11.5 Å². The maximum Gasteiger partial charge on any atom is 0.0972 e. The van der Waals surface area contributed by atoms with Crippen molar-refractivity contribution in [1.82, 2.24) is 0 Å². The summed E-state index contributed by atoms with van der Waals surface area (Å²) in [7, 11) is 0. The normalized spacial score (nSPS) is 13.0. The Kier molecular flexibility index (Phi) is 5.07. The molecule has 0 amide bonds. The summed E-state index contributed by atoms with van der Waals surface area (Å²) in [6.45, 7) is 3.80. The second-order valence-corrected chi connectivity index (χ2v) is 5.94. The van der Waals surface area contributed by atoms with Crippen LogP contribution in [-0.4, -0.2) is 0 Å². The average molecular weight is 321 g/mol. The van der Waals surface area contributed by atoms with Gasteiger partial charge in [0.25, 0.3) is 0 Å². The molecule has 0 aromatic heterocycles. The fraction of sp³-hybridized carbons (Fsp3) is 0.176. The topological polar surface area (TPSA) is 52.0 Å². The quantitative estimate of drug-likeness (QED) is 0.632. The molecule has 0 aliphatic heterocycles. The molecule has 1 unspecified atom stereocenters. The van der Waals surface area contributed by atoms with Gasteiger partial charge >= 0.3 is 0 Å². The van der Waals surface area contributed by atoms with Crippen molar-refractivity contribution >= 4 is 23.2 Å². The van der Waals surface area contributed by atoms with E-state index in [1.54, 1.807) is 12.1 Å². The molecule has 2 aromatic carbocycles. The van der Waals surface area contributed by atoms with Crippen molar-refractivity contribution in [3.63, 3.8) is 0 Å². The third kappa shape index (κ3) is 3.66. The molecule has 110 valence electrons. The van der Waals surface area contributed by atoms with Crippen molar-refractivity contribution in [2.75, 3.05) is 0 Å². The zero-order valence-corrected chi connectivity index (χ0v) is 13.1. The molecule has 0 bridgehead atoms. The predicted molar refractivity (Wildman–Crippen MR) is 90.5 cm³/mol. The number of allylic oxidation sites excluding steroid dienone is 1. The van der Waals surface area contributed by atoms with Crippen LogP contribution in [0.3, 0.4) is 0 Å². The van der Waals surface area contributed by atoms with E-state index in [2.05, 4.69) is 6.58 Å². The first-order chi connectivity index (χ1) is 9.95. The first-order valence-electron chi connectivity index (χ1n) is 6.65. The molecule has 0 saturated heterocycles. The molecule has 4 heteroatoms. The van der Waals surface area contributed by atoms with Crippen LogP contribution in [0, 0.1) is 0 Å². The van der Waals surface area contributed by atoms with Gasteiger partial charge in [-0.3, -0.25) is 0 Å². The number of benzene rings is 2. The summed E-state index contributed by atoms with van der Waals surface area (Å²) in [5.41, 5.74) is 13.7. The van der Waals surface area contributed by atoms with Crippen molar-refractivity contribution < 1.29 is 0 Å². The van der Waals surface area contributed by atoms with E-state index in [1.165, 1.54) is 0 Å². The summed E-state index contributed by atoms with van der Waals surface area (Å²) >= 11 is 12.0. The third-order valence-corrected chi connectivity index (χ3v) is 4.06. The molecule has 1 atom stereocenters. The number of nitrogens with two attached hydrogens (primary N) is 2. The maximum absolute atomic E-state index is 6.44. The third-order valence-electron chi connectivity index (χ3n) is 3.57. The van der Waals surface area contributed by atoms with Gasteiger partial charge in [-0.2, -0.15) is 0 Å². The Labute approximate surface area is 135 Å². The molecule has 0 spiro atoms. The molecule has 0 radical (unpaired) electrons. The van der Waals surface area contributed by atoms with Gasteiger partial charge in [-0.15, -0.1) is 6.58 Å². The molecule has 2 rings (SSSR count). The van der Waals surface area contributed by atoms with Gasteiger partial charge < -0.3 is 11.5 Å². The highest BCUT2D eigenvalue weighted by molar-refractivity contribution is 6.30. The van der Waals surface area contributed by atoms with Gasteiger partial charge in [-0.25, -0.2) is 0 Å². The Hall–Kier alpha value is -1.32. The van der Waals surface area contributed by atoms with Crippen molar-refractivity contribution in [3.05, 3.63) is 82.4 Å². The van der Waals surface area contributed by atoms with Crippen LogP contribution in [0.2, 0.25) is 10.0 Å². The zero-order valence-electron chi connectivity index (χ0n) is 11.6. The van der Waals surface area contributed by atoms with Crippen molar-refractivity contribution in [2.45, 2.75) is 18.0 Å². The minimum Gasteiger partial charge on any atom is -0.309 e. The van der Waals surface area contributed by atoms with E-state index < -0.39 is 5.66 Å². The van der Waals surface area contributed by atoms with Crippen LogP contribution in [0.15, 0.2) is 61.2 Å². The minimum atomic E-state index is -1.04. The van der Waals surface area contributed by atoms with Crippen molar-refractivity contribution in [3.8, 4) is 0 Å². The summed E-state index contributed by atoms with van der Waals surface area (Å²) in [6.07, 6.45) is 2.46. The number of halogens is 2. The van der Waals surface area contributed by atoms with Gasteiger partial charge in [0, 0.05) is 16.0 Å². The van der Waals surface area contributed by atoms with E-state index in [-0.39, 0.29) is 5.92 Å². The van der Waals surface area contributed by atoms with Gasteiger partial charge in [-0.05, 0) is 41.8 Å². The highest BCUT2D eigenvalue weighted by Gasteiger charge is 2.33. The molecular formula is C17H18Cl2N2. The first kappa shape index (κ1) is 16.1. The van der Waals surface area contributed by atoms with E-state index in [9.17, 15) is 0 Å². The fourth-order valence-electron chi connectivity index (χ4n) is 2.44. The van der Waals surface area contributed by atoms with Crippen LogP contribution in [0.4, 0.5) is 0 Å². The molecule has 4 N–H and O–H groups in total.